The number of hydrogen-bond acceptors (Lipinski definition) is 2. The summed E-state index contributed by atoms with van der Waals surface area (Å²) >= 11 is 6.27. The first kappa shape index (κ1) is 16.0. The maximum absolute atomic E-state index is 6.27. The Balaban J connectivity index is 2.28. The first-order valence-corrected chi connectivity index (χ1v) is 7.80. The summed E-state index contributed by atoms with van der Waals surface area (Å²) in [7, 11) is 0. The Bertz CT molecular complexity index is 566. The number of aromatic nitrogens is 1. The van der Waals surface area contributed by atoms with Crippen LogP contribution in [0.4, 0.5) is 0 Å². The molecule has 0 aliphatic carbocycles. The molecule has 2 rings (SSSR count). The number of halogens is 1. The van der Waals surface area contributed by atoms with E-state index in [0.717, 1.165) is 23.6 Å². The normalized spacial score (nSPS) is 13.1. The van der Waals surface area contributed by atoms with Crippen LogP contribution in [-0.2, 0) is 11.8 Å². The van der Waals surface area contributed by atoms with Gasteiger partial charge in [0.15, 0.2) is 0 Å². The molecule has 0 bridgehead atoms. The maximum Gasteiger partial charge on any atom is 0.0621 e. The standard InChI is InChI=1S/C18H23ClN2/c1-4-21-17(12-14-10-11-20-13-16(14)19)18(2,3)15-8-6-5-7-9-15/h5-11,13,17,21H,4,12H2,1-3H3. The van der Waals surface area contributed by atoms with Crippen molar-refractivity contribution in [3.8, 4) is 0 Å². The molecule has 0 saturated heterocycles. The van der Waals surface area contributed by atoms with E-state index in [0.29, 0.717) is 6.04 Å². The number of likely N-dealkylation sites (N-methyl/N-ethyl adjacent to an activating group) is 1. The molecule has 0 spiro atoms. The molecular weight excluding hydrogens is 280 g/mol. The van der Waals surface area contributed by atoms with Crippen molar-refractivity contribution in [1.29, 1.82) is 0 Å². The lowest BCUT2D eigenvalue weighted by atomic mass is 9.75. The fourth-order valence-corrected chi connectivity index (χ4v) is 2.88. The molecule has 1 unspecified atom stereocenters. The topological polar surface area (TPSA) is 24.9 Å². The van der Waals surface area contributed by atoms with E-state index in [2.05, 4.69) is 61.4 Å². The van der Waals surface area contributed by atoms with Crippen molar-refractivity contribution < 1.29 is 0 Å². The van der Waals surface area contributed by atoms with Crippen LogP contribution in [0.15, 0.2) is 48.8 Å². The zero-order chi connectivity index (χ0) is 15.3. The molecule has 2 nitrogen and oxygen atoms in total. The van der Waals surface area contributed by atoms with Crippen LogP contribution in [0.2, 0.25) is 5.02 Å². The fraction of sp³-hybridized carbons (Fsp3) is 0.389. The van der Waals surface area contributed by atoms with E-state index in [-0.39, 0.29) is 5.41 Å². The van der Waals surface area contributed by atoms with Crippen molar-refractivity contribution in [1.82, 2.24) is 10.3 Å². The number of pyridine rings is 1. The number of hydrogen-bond donors (Lipinski definition) is 1. The van der Waals surface area contributed by atoms with Gasteiger partial charge in [-0.2, -0.15) is 0 Å². The minimum atomic E-state index is 0.0177. The summed E-state index contributed by atoms with van der Waals surface area (Å²) in [6.07, 6.45) is 4.41. The summed E-state index contributed by atoms with van der Waals surface area (Å²) in [6, 6.07) is 13.0. The Morgan fingerprint density at radius 1 is 1.19 bits per heavy atom. The van der Waals surface area contributed by atoms with Crippen LogP contribution in [0.3, 0.4) is 0 Å². The van der Waals surface area contributed by atoms with Gasteiger partial charge in [0.05, 0.1) is 5.02 Å². The molecular formula is C18H23ClN2. The van der Waals surface area contributed by atoms with Crippen LogP contribution in [0.25, 0.3) is 0 Å². The second kappa shape index (κ2) is 7.06. The van der Waals surface area contributed by atoms with Gasteiger partial charge in [-0.15, -0.1) is 0 Å². The highest BCUT2D eigenvalue weighted by Crippen LogP contribution is 2.30. The Morgan fingerprint density at radius 2 is 1.90 bits per heavy atom. The number of rotatable bonds is 6. The molecule has 112 valence electrons. The fourth-order valence-electron chi connectivity index (χ4n) is 2.69. The Hall–Kier alpha value is -1.38. The van der Waals surface area contributed by atoms with Crippen LogP contribution in [-0.4, -0.2) is 17.6 Å². The predicted molar refractivity (Wildman–Crippen MR) is 89.9 cm³/mol. The molecule has 0 radical (unpaired) electrons. The second-order valence-corrected chi connectivity index (χ2v) is 6.28. The molecule has 1 N–H and O–H groups in total. The van der Waals surface area contributed by atoms with Gasteiger partial charge in [0.1, 0.15) is 0 Å². The van der Waals surface area contributed by atoms with Gasteiger partial charge >= 0.3 is 0 Å². The van der Waals surface area contributed by atoms with E-state index < -0.39 is 0 Å². The molecule has 0 saturated carbocycles. The first-order valence-electron chi connectivity index (χ1n) is 7.43. The summed E-state index contributed by atoms with van der Waals surface area (Å²) < 4.78 is 0. The van der Waals surface area contributed by atoms with Gasteiger partial charge in [-0.25, -0.2) is 0 Å². The van der Waals surface area contributed by atoms with E-state index >= 15 is 0 Å². The van der Waals surface area contributed by atoms with Gasteiger partial charge in [-0.05, 0) is 30.2 Å². The molecule has 0 aliphatic rings. The molecule has 21 heavy (non-hydrogen) atoms. The van der Waals surface area contributed by atoms with Crippen LogP contribution in [0, 0.1) is 0 Å². The lowest BCUT2D eigenvalue weighted by Gasteiger charge is -2.36. The van der Waals surface area contributed by atoms with Crippen LogP contribution in [0.1, 0.15) is 31.9 Å². The molecule has 2 aromatic rings. The van der Waals surface area contributed by atoms with Crippen molar-refractivity contribution in [3.05, 3.63) is 64.9 Å². The second-order valence-electron chi connectivity index (χ2n) is 5.87. The monoisotopic (exact) mass is 302 g/mol. The molecule has 0 fully saturated rings. The van der Waals surface area contributed by atoms with Gasteiger partial charge < -0.3 is 5.32 Å². The highest BCUT2D eigenvalue weighted by Gasteiger charge is 2.31. The van der Waals surface area contributed by atoms with E-state index in [1.165, 1.54) is 5.56 Å². The van der Waals surface area contributed by atoms with E-state index in [1.807, 2.05) is 6.07 Å². The lowest BCUT2D eigenvalue weighted by Crippen LogP contribution is -2.46. The molecule has 1 aromatic carbocycles. The van der Waals surface area contributed by atoms with Crippen molar-refractivity contribution >= 4 is 11.6 Å². The van der Waals surface area contributed by atoms with Gasteiger partial charge in [-0.3, -0.25) is 4.98 Å². The summed E-state index contributed by atoms with van der Waals surface area (Å²) in [6.45, 7) is 7.64. The van der Waals surface area contributed by atoms with E-state index in [4.69, 9.17) is 11.6 Å². The van der Waals surface area contributed by atoms with Gasteiger partial charge in [0, 0.05) is 23.9 Å². The summed E-state index contributed by atoms with van der Waals surface area (Å²) in [5.41, 5.74) is 2.49. The highest BCUT2D eigenvalue weighted by atomic mass is 35.5. The molecule has 1 atom stereocenters. The number of benzene rings is 1. The average Bonchev–Trinajstić information content (AvgIpc) is 2.50. The molecule has 1 heterocycles. The van der Waals surface area contributed by atoms with Crippen molar-refractivity contribution in [2.45, 2.75) is 38.6 Å². The van der Waals surface area contributed by atoms with Crippen LogP contribution >= 0.6 is 11.6 Å². The van der Waals surface area contributed by atoms with Crippen molar-refractivity contribution in [2.75, 3.05) is 6.54 Å². The zero-order valence-corrected chi connectivity index (χ0v) is 13.7. The third kappa shape index (κ3) is 3.84. The van der Waals surface area contributed by atoms with Crippen molar-refractivity contribution in [2.24, 2.45) is 0 Å². The third-order valence-electron chi connectivity index (χ3n) is 4.12. The Morgan fingerprint density at radius 3 is 2.52 bits per heavy atom. The smallest absolute Gasteiger partial charge is 0.0621 e. The quantitative estimate of drug-likeness (QED) is 0.863. The largest absolute Gasteiger partial charge is 0.313 e. The van der Waals surface area contributed by atoms with E-state index in [1.54, 1.807) is 12.4 Å². The third-order valence-corrected chi connectivity index (χ3v) is 4.46. The summed E-state index contributed by atoms with van der Waals surface area (Å²) in [5.74, 6) is 0. The van der Waals surface area contributed by atoms with Crippen LogP contribution in [0.5, 0.6) is 0 Å². The highest BCUT2D eigenvalue weighted by molar-refractivity contribution is 6.31. The van der Waals surface area contributed by atoms with Gasteiger partial charge in [0.25, 0.3) is 0 Å². The first-order chi connectivity index (χ1) is 10.1. The molecule has 0 aliphatic heterocycles. The van der Waals surface area contributed by atoms with Crippen molar-refractivity contribution in [3.63, 3.8) is 0 Å². The van der Waals surface area contributed by atoms with E-state index in [9.17, 15) is 0 Å². The van der Waals surface area contributed by atoms with Crippen LogP contribution < -0.4 is 5.32 Å². The molecule has 3 heteroatoms. The lowest BCUT2D eigenvalue weighted by molar-refractivity contribution is 0.343. The van der Waals surface area contributed by atoms with Gasteiger partial charge in [0.2, 0.25) is 0 Å². The SMILES string of the molecule is CCNC(Cc1ccncc1Cl)C(C)(C)c1ccccc1. The molecule has 1 aromatic heterocycles. The summed E-state index contributed by atoms with van der Waals surface area (Å²) in [5, 5.41) is 4.36. The predicted octanol–water partition coefficient (Wildman–Crippen LogP) is 4.23. The Labute approximate surface area is 132 Å². The maximum atomic E-state index is 6.27. The summed E-state index contributed by atoms with van der Waals surface area (Å²) in [4.78, 5) is 4.07. The minimum absolute atomic E-state index is 0.0177. The number of nitrogens with zero attached hydrogens (tertiary/aromatic N) is 1. The number of nitrogens with one attached hydrogen (secondary N) is 1. The minimum Gasteiger partial charge on any atom is -0.313 e. The van der Waals surface area contributed by atoms with Gasteiger partial charge in [-0.1, -0.05) is 62.7 Å². The molecule has 0 amide bonds. The Kier molecular flexibility index (Phi) is 5.38. The zero-order valence-electron chi connectivity index (χ0n) is 12.9. The average molecular weight is 303 g/mol.